The lowest BCUT2D eigenvalue weighted by Gasteiger charge is -2.04. The quantitative estimate of drug-likeness (QED) is 0.350. The smallest absolute Gasteiger partial charge is 0.269 e. The highest BCUT2D eigenvalue weighted by Crippen LogP contribution is 2.51. The molecule has 0 saturated carbocycles. The van der Waals surface area contributed by atoms with E-state index in [0.717, 1.165) is 11.1 Å². The van der Waals surface area contributed by atoms with Crippen molar-refractivity contribution < 1.29 is 9.66 Å². The van der Waals surface area contributed by atoms with Crippen molar-refractivity contribution in [1.82, 2.24) is 0 Å². The fraction of sp³-hybridized carbons (Fsp3) is 0.167. The molecular weight excluding hydrogens is 328 g/mol. The molecule has 2 atom stereocenters. The Kier molecular flexibility index (Phi) is 4.10. The van der Waals surface area contributed by atoms with Gasteiger partial charge in [0.1, 0.15) is 11.7 Å². The first kappa shape index (κ1) is 16.2. The minimum atomic E-state index is -0.610. The van der Waals surface area contributed by atoms with Gasteiger partial charge in [0.25, 0.3) is 5.69 Å². The van der Waals surface area contributed by atoms with Crippen molar-refractivity contribution in [2.75, 3.05) is 0 Å². The van der Waals surface area contributed by atoms with E-state index in [0.29, 0.717) is 10.6 Å². The van der Waals surface area contributed by atoms with Gasteiger partial charge in [-0.15, -0.1) is 0 Å². The number of epoxide rings is 1. The normalized spacial score (nSPS) is 22.7. The Morgan fingerprint density at radius 1 is 1.29 bits per heavy atom. The number of hydrogen-bond donors (Lipinski definition) is 0. The van der Waals surface area contributed by atoms with Gasteiger partial charge in [0.05, 0.1) is 16.6 Å². The number of benzene rings is 2. The van der Waals surface area contributed by atoms with E-state index >= 15 is 0 Å². The molecule has 24 heavy (non-hydrogen) atoms. The number of allylic oxidation sites excluding steroid dienone is 1. The van der Waals surface area contributed by atoms with E-state index in [9.17, 15) is 15.4 Å². The Morgan fingerprint density at radius 2 is 1.92 bits per heavy atom. The molecule has 0 radical (unpaired) electrons. The van der Waals surface area contributed by atoms with Crippen LogP contribution in [0.15, 0.2) is 54.6 Å². The lowest BCUT2D eigenvalue weighted by Crippen LogP contribution is -2.03. The predicted octanol–water partition coefficient (Wildman–Crippen LogP) is 4.69. The topological polar surface area (TPSA) is 79.5 Å². The van der Waals surface area contributed by atoms with Crippen LogP contribution in [0, 0.1) is 21.4 Å². The van der Waals surface area contributed by atoms with E-state index in [2.05, 4.69) is 6.07 Å². The van der Waals surface area contributed by atoms with Gasteiger partial charge in [-0.1, -0.05) is 23.7 Å². The molecule has 0 bridgehead atoms. The van der Waals surface area contributed by atoms with Crippen LogP contribution < -0.4 is 0 Å². The van der Waals surface area contributed by atoms with Crippen LogP contribution in [0.4, 0.5) is 5.69 Å². The number of nitriles is 1. The maximum Gasteiger partial charge on any atom is 0.269 e. The first-order valence-corrected chi connectivity index (χ1v) is 7.62. The maximum absolute atomic E-state index is 10.7. The van der Waals surface area contributed by atoms with E-state index in [-0.39, 0.29) is 11.8 Å². The highest BCUT2D eigenvalue weighted by molar-refractivity contribution is 6.30. The highest BCUT2D eigenvalue weighted by atomic mass is 35.5. The van der Waals surface area contributed by atoms with Crippen molar-refractivity contribution >= 4 is 22.9 Å². The summed E-state index contributed by atoms with van der Waals surface area (Å²) in [6, 6.07) is 15.5. The molecule has 6 heteroatoms. The first-order valence-electron chi connectivity index (χ1n) is 7.24. The molecule has 120 valence electrons. The van der Waals surface area contributed by atoms with Gasteiger partial charge in [-0.25, -0.2) is 0 Å². The van der Waals surface area contributed by atoms with Gasteiger partial charge in [0, 0.05) is 17.2 Å². The number of nitro benzene ring substituents is 1. The number of hydrogen-bond acceptors (Lipinski definition) is 4. The standard InChI is InChI=1S/C18H13ClN2O3/c1-18(10-14(11-20)12-2-6-15(19)7-3-12)17(24-18)13-4-8-16(9-5-13)21(22)23/h2-10,17H,1H3/b14-10+/t17-,18+/m0/s1. The largest absolute Gasteiger partial charge is 0.357 e. The SMILES string of the molecule is C[C@]1(/C=C(\C#N)c2ccc(Cl)cc2)O[C@H]1c1ccc([N+](=O)[O-])cc1. The van der Waals surface area contributed by atoms with Crippen LogP contribution in [0.25, 0.3) is 5.57 Å². The molecule has 0 spiro atoms. The Labute approximate surface area is 143 Å². The molecule has 0 unspecified atom stereocenters. The van der Waals surface area contributed by atoms with Crippen molar-refractivity contribution in [3.63, 3.8) is 0 Å². The second-order valence-electron chi connectivity index (χ2n) is 5.71. The summed E-state index contributed by atoms with van der Waals surface area (Å²) in [5.41, 5.74) is 1.53. The molecule has 1 aliphatic rings. The summed E-state index contributed by atoms with van der Waals surface area (Å²) in [7, 11) is 0. The molecule has 0 amide bonds. The molecule has 0 N–H and O–H groups in total. The zero-order chi connectivity index (χ0) is 17.3. The lowest BCUT2D eigenvalue weighted by molar-refractivity contribution is -0.384. The van der Waals surface area contributed by atoms with Gasteiger partial charge in [0.15, 0.2) is 0 Å². The van der Waals surface area contributed by atoms with Gasteiger partial charge in [-0.3, -0.25) is 10.1 Å². The summed E-state index contributed by atoms with van der Waals surface area (Å²) in [6.07, 6.45) is 1.55. The zero-order valence-corrected chi connectivity index (χ0v) is 13.5. The molecule has 3 rings (SSSR count). The second-order valence-corrected chi connectivity index (χ2v) is 6.14. The van der Waals surface area contributed by atoms with Gasteiger partial charge in [-0.05, 0) is 48.4 Å². The fourth-order valence-corrected chi connectivity index (χ4v) is 2.72. The monoisotopic (exact) mass is 340 g/mol. The van der Waals surface area contributed by atoms with Crippen LogP contribution >= 0.6 is 11.6 Å². The van der Waals surface area contributed by atoms with E-state index in [1.54, 1.807) is 42.5 Å². The maximum atomic E-state index is 10.7. The Balaban J connectivity index is 1.83. The molecule has 1 fully saturated rings. The molecule has 1 heterocycles. The van der Waals surface area contributed by atoms with E-state index < -0.39 is 10.5 Å². The van der Waals surface area contributed by atoms with Gasteiger partial charge < -0.3 is 4.74 Å². The van der Waals surface area contributed by atoms with Crippen LogP contribution in [0.3, 0.4) is 0 Å². The van der Waals surface area contributed by atoms with Gasteiger partial charge in [-0.2, -0.15) is 5.26 Å². The van der Waals surface area contributed by atoms with Crippen LogP contribution in [0.1, 0.15) is 24.2 Å². The predicted molar refractivity (Wildman–Crippen MR) is 90.4 cm³/mol. The van der Waals surface area contributed by atoms with Crippen molar-refractivity contribution in [3.05, 3.63) is 80.9 Å². The zero-order valence-electron chi connectivity index (χ0n) is 12.8. The second kappa shape index (κ2) is 6.08. The number of non-ortho nitro benzene ring substituents is 1. The highest BCUT2D eigenvalue weighted by Gasteiger charge is 2.51. The van der Waals surface area contributed by atoms with Gasteiger partial charge >= 0.3 is 0 Å². The molecule has 0 aromatic heterocycles. The molecule has 5 nitrogen and oxygen atoms in total. The van der Waals surface area contributed by atoms with E-state index in [4.69, 9.17) is 16.3 Å². The van der Waals surface area contributed by atoms with Crippen LogP contribution in [0.5, 0.6) is 0 Å². The van der Waals surface area contributed by atoms with Crippen LogP contribution in [-0.2, 0) is 4.74 Å². The summed E-state index contributed by atoms with van der Waals surface area (Å²) >= 11 is 5.87. The van der Waals surface area contributed by atoms with Crippen LogP contribution in [0.2, 0.25) is 5.02 Å². The minimum Gasteiger partial charge on any atom is -0.357 e. The molecule has 0 aliphatic carbocycles. The average molecular weight is 341 g/mol. The number of rotatable bonds is 4. The first-order chi connectivity index (χ1) is 11.4. The fourth-order valence-electron chi connectivity index (χ4n) is 2.60. The number of ether oxygens (including phenoxy) is 1. The Bertz CT molecular complexity index is 853. The van der Waals surface area contributed by atoms with E-state index in [1.165, 1.54) is 12.1 Å². The van der Waals surface area contributed by atoms with Crippen molar-refractivity contribution in [3.8, 4) is 6.07 Å². The molecule has 2 aromatic carbocycles. The van der Waals surface area contributed by atoms with Crippen molar-refractivity contribution in [2.24, 2.45) is 0 Å². The Morgan fingerprint density at radius 3 is 2.46 bits per heavy atom. The number of nitrogens with zero attached hydrogens (tertiary/aromatic N) is 2. The van der Waals surface area contributed by atoms with E-state index in [1.807, 2.05) is 6.92 Å². The van der Waals surface area contributed by atoms with Crippen molar-refractivity contribution in [1.29, 1.82) is 5.26 Å². The summed E-state index contributed by atoms with van der Waals surface area (Å²) in [4.78, 5) is 10.3. The molecule has 1 saturated heterocycles. The summed E-state index contributed by atoms with van der Waals surface area (Å²) < 4.78 is 5.74. The molecular formula is C18H13ClN2O3. The molecule has 2 aromatic rings. The Hall–Kier alpha value is -2.68. The molecule has 1 aliphatic heterocycles. The summed E-state index contributed by atoms with van der Waals surface area (Å²) in [5.74, 6) is 0. The van der Waals surface area contributed by atoms with Crippen molar-refractivity contribution in [2.45, 2.75) is 18.6 Å². The third kappa shape index (κ3) is 3.16. The summed E-state index contributed by atoms with van der Waals surface area (Å²) in [6.45, 7) is 1.88. The average Bonchev–Trinajstić information content (AvgIpc) is 3.25. The minimum absolute atomic E-state index is 0.0375. The number of halogens is 1. The van der Waals surface area contributed by atoms with Crippen LogP contribution in [-0.4, -0.2) is 10.5 Å². The number of nitro groups is 1. The third-order valence-corrected chi connectivity index (χ3v) is 4.20. The van der Waals surface area contributed by atoms with Gasteiger partial charge in [0.2, 0.25) is 0 Å². The lowest BCUT2D eigenvalue weighted by atomic mass is 9.96. The summed E-state index contributed by atoms with van der Waals surface area (Å²) in [5, 5.41) is 20.7. The third-order valence-electron chi connectivity index (χ3n) is 3.95.